The predicted octanol–water partition coefficient (Wildman–Crippen LogP) is 5.14. The second kappa shape index (κ2) is 6.06. The van der Waals surface area contributed by atoms with Crippen molar-refractivity contribution in [3.05, 3.63) is 66.2 Å². The molecule has 0 spiro atoms. The third kappa shape index (κ3) is 2.65. The van der Waals surface area contributed by atoms with E-state index in [1.165, 1.54) is 0 Å². The molecule has 4 heteroatoms. The van der Waals surface area contributed by atoms with Crippen LogP contribution in [0, 0.1) is 11.3 Å². The van der Waals surface area contributed by atoms with Gasteiger partial charge in [-0.2, -0.15) is 10.4 Å². The highest BCUT2D eigenvalue weighted by molar-refractivity contribution is 5.95. The molecule has 0 bridgehead atoms. The molecule has 0 amide bonds. The molecule has 3 aromatic carbocycles. The highest BCUT2D eigenvalue weighted by Crippen LogP contribution is 2.31. The van der Waals surface area contributed by atoms with E-state index in [2.05, 4.69) is 16.3 Å². The summed E-state index contributed by atoms with van der Waals surface area (Å²) < 4.78 is 5.11. The van der Waals surface area contributed by atoms with Crippen molar-refractivity contribution in [2.75, 3.05) is 7.11 Å². The molecule has 22 heavy (non-hydrogen) atoms. The highest BCUT2D eigenvalue weighted by atomic mass is 16.5. The van der Waals surface area contributed by atoms with Gasteiger partial charge in [0.2, 0.25) is 0 Å². The summed E-state index contributed by atoms with van der Waals surface area (Å²) in [6, 6.07) is 21.0. The van der Waals surface area contributed by atoms with Crippen LogP contribution in [0.4, 0.5) is 11.4 Å². The van der Waals surface area contributed by atoms with E-state index in [-0.39, 0.29) is 0 Å². The van der Waals surface area contributed by atoms with E-state index >= 15 is 0 Å². The normalized spacial score (nSPS) is 10.7. The zero-order valence-corrected chi connectivity index (χ0v) is 12.0. The van der Waals surface area contributed by atoms with Gasteiger partial charge >= 0.3 is 0 Å². The zero-order chi connectivity index (χ0) is 15.4. The minimum Gasteiger partial charge on any atom is -0.497 e. The van der Waals surface area contributed by atoms with Gasteiger partial charge in [0.05, 0.1) is 18.4 Å². The fourth-order valence-electron chi connectivity index (χ4n) is 2.21. The Hall–Kier alpha value is -3.19. The van der Waals surface area contributed by atoms with Crippen LogP contribution < -0.4 is 4.74 Å². The lowest BCUT2D eigenvalue weighted by molar-refractivity contribution is 0.415. The number of methoxy groups -OCH3 is 1. The standard InChI is InChI=1S/C18H13N3O/c1-22-16-10-8-15(9-11-16)20-21-18-14(12-19)7-6-13-4-2-3-5-17(13)18/h2-11H,1H3. The molecule has 106 valence electrons. The lowest BCUT2D eigenvalue weighted by atomic mass is 10.1. The highest BCUT2D eigenvalue weighted by Gasteiger charge is 2.06. The topological polar surface area (TPSA) is 57.7 Å². The van der Waals surface area contributed by atoms with Crippen LogP contribution in [0.5, 0.6) is 5.75 Å². The van der Waals surface area contributed by atoms with E-state index < -0.39 is 0 Å². The Labute approximate surface area is 128 Å². The summed E-state index contributed by atoms with van der Waals surface area (Å²) in [5.74, 6) is 0.766. The number of fused-ring (bicyclic) bond motifs is 1. The van der Waals surface area contributed by atoms with Crippen LogP contribution in [0.1, 0.15) is 5.56 Å². The van der Waals surface area contributed by atoms with Gasteiger partial charge < -0.3 is 4.74 Å². The molecule has 0 radical (unpaired) electrons. The molecule has 0 aliphatic rings. The van der Waals surface area contributed by atoms with Gasteiger partial charge in [-0.15, -0.1) is 5.11 Å². The van der Waals surface area contributed by atoms with Crippen molar-refractivity contribution in [2.24, 2.45) is 10.2 Å². The Morgan fingerprint density at radius 1 is 0.909 bits per heavy atom. The van der Waals surface area contributed by atoms with Crippen LogP contribution in [0.3, 0.4) is 0 Å². The van der Waals surface area contributed by atoms with Gasteiger partial charge in [0.15, 0.2) is 0 Å². The van der Waals surface area contributed by atoms with Gasteiger partial charge in [-0.3, -0.25) is 0 Å². The Kier molecular flexibility index (Phi) is 3.80. The summed E-state index contributed by atoms with van der Waals surface area (Å²) in [5.41, 5.74) is 1.81. The second-order valence-electron chi connectivity index (χ2n) is 4.69. The van der Waals surface area contributed by atoms with E-state index in [4.69, 9.17) is 4.74 Å². The monoisotopic (exact) mass is 287 g/mol. The van der Waals surface area contributed by atoms with Crippen LogP contribution in [0.15, 0.2) is 70.9 Å². The third-order valence-electron chi connectivity index (χ3n) is 3.36. The van der Waals surface area contributed by atoms with E-state index in [1.54, 1.807) is 13.2 Å². The Balaban J connectivity index is 2.05. The third-order valence-corrected chi connectivity index (χ3v) is 3.36. The molecule has 3 rings (SSSR count). The van der Waals surface area contributed by atoms with Gasteiger partial charge in [0.1, 0.15) is 17.5 Å². The van der Waals surface area contributed by atoms with Gasteiger partial charge in [0.25, 0.3) is 0 Å². The Morgan fingerprint density at radius 2 is 1.68 bits per heavy atom. The van der Waals surface area contributed by atoms with Crippen molar-refractivity contribution in [1.29, 1.82) is 5.26 Å². The second-order valence-corrected chi connectivity index (χ2v) is 4.69. The van der Waals surface area contributed by atoms with Crippen molar-refractivity contribution in [3.63, 3.8) is 0 Å². The molecule has 3 aromatic rings. The average Bonchev–Trinajstić information content (AvgIpc) is 2.60. The molecule has 0 unspecified atom stereocenters. The van der Waals surface area contributed by atoms with Crippen LogP contribution >= 0.6 is 0 Å². The molecule has 0 heterocycles. The smallest absolute Gasteiger partial charge is 0.119 e. The number of rotatable bonds is 3. The van der Waals surface area contributed by atoms with E-state index in [9.17, 15) is 5.26 Å². The first-order valence-electron chi connectivity index (χ1n) is 6.79. The van der Waals surface area contributed by atoms with Crippen molar-refractivity contribution >= 4 is 22.1 Å². The van der Waals surface area contributed by atoms with E-state index in [0.29, 0.717) is 16.9 Å². The van der Waals surface area contributed by atoms with Crippen LogP contribution in [-0.2, 0) is 0 Å². The van der Waals surface area contributed by atoms with Crippen LogP contribution in [-0.4, -0.2) is 7.11 Å². The molecule has 0 fully saturated rings. The molecule has 0 atom stereocenters. The van der Waals surface area contributed by atoms with Crippen LogP contribution in [0.2, 0.25) is 0 Å². The number of hydrogen-bond acceptors (Lipinski definition) is 4. The van der Waals surface area contributed by atoms with Gasteiger partial charge in [-0.05, 0) is 35.7 Å². The number of benzene rings is 3. The number of nitriles is 1. The van der Waals surface area contributed by atoms with Crippen molar-refractivity contribution < 1.29 is 4.74 Å². The van der Waals surface area contributed by atoms with Crippen molar-refractivity contribution in [2.45, 2.75) is 0 Å². The van der Waals surface area contributed by atoms with Gasteiger partial charge in [-0.25, -0.2) is 0 Å². The summed E-state index contributed by atoms with van der Waals surface area (Å²) in [4.78, 5) is 0. The maximum Gasteiger partial charge on any atom is 0.119 e. The number of azo groups is 1. The number of nitrogens with zero attached hydrogens (tertiary/aromatic N) is 3. The lowest BCUT2D eigenvalue weighted by Gasteiger charge is -2.03. The fraction of sp³-hybridized carbons (Fsp3) is 0.0556. The maximum absolute atomic E-state index is 9.28. The van der Waals surface area contributed by atoms with Crippen LogP contribution in [0.25, 0.3) is 10.8 Å². The largest absolute Gasteiger partial charge is 0.497 e. The number of hydrogen-bond donors (Lipinski definition) is 0. The first-order chi connectivity index (χ1) is 10.8. The van der Waals surface area contributed by atoms with Gasteiger partial charge in [-0.1, -0.05) is 30.3 Å². The summed E-state index contributed by atoms with van der Waals surface area (Å²) in [6.07, 6.45) is 0. The number of ether oxygens (including phenoxy) is 1. The first kappa shape index (κ1) is 13.8. The Bertz CT molecular complexity index is 877. The average molecular weight is 287 g/mol. The van der Waals surface area contributed by atoms with Gasteiger partial charge in [0, 0.05) is 5.39 Å². The summed E-state index contributed by atoms with van der Waals surface area (Å²) >= 11 is 0. The molecule has 0 aliphatic heterocycles. The SMILES string of the molecule is COc1ccc(N=Nc2c(C#N)ccc3ccccc23)cc1. The summed E-state index contributed by atoms with van der Waals surface area (Å²) in [6.45, 7) is 0. The molecule has 0 saturated carbocycles. The fourth-order valence-corrected chi connectivity index (χ4v) is 2.21. The molecule has 0 N–H and O–H groups in total. The molecule has 0 aliphatic carbocycles. The molecular formula is C18H13N3O. The summed E-state index contributed by atoms with van der Waals surface area (Å²) in [5, 5.41) is 19.7. The predicted molar refractivity (Wildman–Crippen MR) is 85.8 cm³/mol. The van der Waals surface area contributed by atoms with E-state index in [1.807, 2.05) is 54.6 Å². The Morgan fingerprint density at radius 3 is 2.41 bits per heavy atom. The molecule has 0 aromatic heterocycles. The van der Waals surface area contributed by atoms with E-state index in [0.717, 1.165) is 16.5 Å². The zero-order valence-electron chi connectivity index (χ0n) is 12.0. The minimum atomic E-state index is 0.510. The lowest BCUT2D eigenvalue weighted by Crippen LogP contribution is -1.80. The minimum absolute atomic E-state index is 0.510. The first-order valence-corrected chi connectivity index (χ1v) is 6.79. The quantitative estimate of drug-likeness (QED) is 0.626. The molecule has 0 saturated heterocycles. The van der Waals surface area contributed by atoms with Crippen molar-refractivity contribution in [1.82, 2.24) is 0 Å². The molecular weight excluding hydrogens is 274 g/mol. The van der Waals surface area contributed by atoms with Crippen molar-refractivity contribution in [3.8, 4) is 11.8 Å². The maximum atomic E-state index is 9.28. The summed E-state index contributed by atoms with van der Waals surface area (Å²) in [7, 11) is 1.62. The molecule has 4 nitrogen and oxygen atoms in total.